The number of carbonyl (C=O) groups is 1. The van der Waals surface area contributed by atoms with E-state index in [1.54, 1.807) is 12.1 Å². The molecule has 0 aliphatic heterocycles. The number of benzene rings is 1. The molecule has 1 aromatic carbocycles. The zero-order chi connectivity index (χ0) is 15.5. The van der Waals surface area contributed by atoms with Gasteiger partial charge < -0.3 is 11.1 Å². The molecule has 1 heterocycles. The molecular weight excluding hydrogens is 301 g/mol. The van der Waals surface area contributed by atoms with Crippen LogP contribution in [0.1, 0.15) is 41.8 Å². The third-order valence-corrected chi connectivity index (χ3v) is 4.83. The summed E-state index contributed by atoms with van der Waals surface area (Å²) in [4.78, 5) is 12.8. The summed E-state index contributed by atoms with van der Waals surface area (Å²) in [6.07, 6.45) is 5.57. The van der Waals surface area contributed by atoms with Gasteiger partial charge in [0.25, 0.3) is 5.91 Å². The minimum atomic E-state index is -0.349. The molecule has 3 N–H and O–H groups in total. The maximum atomic E-state index is 13.3. The van der Waals surface area contributed by atoms with Crippen LogP contribution in [0.2, 0.25) is 0 Å². The average Bonchev–Trinajstić information content (AvgIpc) is 2.90. The summed E-state index contributed by atoms with van der Waals surface area (Å²) in [7, 11) is 0. The number of carbonyl (C=O) groups excluding carboxylic acids is 1. The molecule has 1 aliphatic carbocycles. The quantitative estimate of drug-likeness (QED) is 0.908. The average molecular weight is 319 g/mol. The molecule has 0 saturated heterocycles. The standard InChI is InChI=1S/C16H18FN3OS/c17-11-6-4-5-10(9-11)14-13(18)15(22-20-14)16(21)19-12-7-2-1-3-8-12/h4-6,9,12H,1-3,7-8,18H2,(H,19,21). The van der Waals surface area contributed by atoms with Gasteiger partial charge >= 0.3 is 0 Å². The van der Waals surface area contributed by atoms with Crippen LogP contribution in [-0.4, -0.2) is 16.3 Å². The van der Waals surface area contributed by atoms with Gasteiger partial charge in [0.2, 0.25) is 0 Å². The second-order valence-electron chi connectivity index (χ2n) is 5.59. The van der Waals surface area contributed by atoms with Crippen molar-refractivity contribution in [1.29, 1.82) is 0 Å². The Morgan fingerprint density at radius 1 is 1.32 bits per heavy atom. The fraction of sp³-hybridized carbons (Fsp3) is 0.375. The number of aromatic nitrogens is 1. The van der Waals surface area contributed by atoms with Crippen molar-refractivity contribution in [2.45, 2.75) is 38.1 Å². The zero-order valence-electron chi connectivity index (χ0n) is 12.1. The van der Waals surface area contributed by atoms with Gasteiger partial charge in [-0.1, -0.05) is 31.4 Å². The lowest BCUT2D eigenvalue weighted by molar-refractivity contribution is 0.0932. The highest BCUT2D eigenvalue weighted by Gasteiger charge is 2.22. The molecule has 1 aliphatic rings. The first-order valence-electron chi connectivity index (χ1n) is 7.47. The van der Waals surface area contributed by atoms with Gasteiger partial charge in [0.15, 0.2) is 0 Å². The van der Waals surface area contributed by atoms with E-state index in [-0.39, 0.29) is 17.8 Å². The van der Waals surface area contributed by atoms with Crippen LogP contribution in [0.25, 0.3) is 11.3 Å². The highest BCUT2D eigenvalue weighted by Crippen LogP contribution is 2.31. The van der Waals surface area contributed by atoms with Crippen molar-refractivity contribution in [2.24, 2.45) is 0 Å². The van der Waals surface area contributed by atoms with Crippen molar-refractivity contribution in [3.05, 3.63) is 35.0 Å². The SMILES string of the molecule is Nc1c(-c2cccc(F)c2)nsc1C(=O)NC1CCCCC1. The molecule has 1 aromatic heterocycles. The monoisotopic (exact) mass is 319 g/mol. The van der Waals surface area contributed by atoms with Crippen LogP contribution in [-0.2, 0) is 0 Å². The fourth-order valence-corrected chi connectivity index (χ4v) is 3.53. The molecule has 0 spiro atoms. The van der Waals surface area contributed by atoms with Gasteiger partial charge in [0, 0.05) is 11.6 Å². The molecule has 0 radical (unpaired) electrons. The number of amides is 1. The second-order valence-corrected chi connectivity index (χ2v) is 6.37. The van der Waals surface area contributed by atoms with Crippen molar-refractivity contribution in [1.82, 2.24) is 9.69 Å². The number of nitrogens with two attached hydrogens (primary N) is 1. The molecule has 0 unspecified atom stereocenters. The molecule has 1 saturated carbocycles. The maximum absolute atomic E-state index is 13.3. The van der Waals surface area contributed by atoms with E-state index in [1.165, 1.54) is 18.6 Å². The lowest BCUT2D eigenvalue weighted by Gasteiger charge is -2.22. The van der Waals surface area contributed by atoms with E-state index < -0.39 is 0 Å². The first-order chi connectivity index (χ1) is 10.6. The third-order valence-electron chi connectivity index (χ3n) is 3.97. The highest BCUT2D eigenvalue weighted by molar-refractivity contribution is 7.09. The van der Waals surface area contributed by atoms with Gasteiger partial charge in [0.05, 0.1) is 5.69 Å². The minimum Gasteiger partial charge on any atom is -0.396 e. The lowest BCUT2D eigenvalue weighted by Crippen LogP contribution is -2.36. The molecule has 0 atom stereocenters. The van der Waals surface area contributed by atoms with E-state index in [2.05, 4.69) is 9.69 Å². The van der Waals surface area contributed by atoms with Crippen molar-refractivity contribution in [3.63, 3.8) is 0 Å². The molecule has 1 amide bonds. The summed E-state index contributed by atoms with van der Waals surface area (Å²) in [5.74, 6) is -0.525. The molecule has 3 rings (SSSR count). The maximum Gasteiger partial charge on any atom is 0.265 e. The number of anilines is 1. The molecule has 6 heteroatoms. The highest BCUT2D eigenvalue weighted by atomic mass is 32.1. The van der Waals surface area contributed by atoms with Crippen LogP contribution in [0.3, 0.4) is 0 Å². The molecule has 116 valence electrons. The van der Waals surface area contributed by atoms with Crippen LogP contribution in [0.4, 0.5) is 10.1 Å². The number of nitrogen functional groups attached to an aromatic ring is 1. The van der Waals surface area contributed by atoms with Crippen molar-refractivity contribution < 1.29 is 9.18 Å². The summed E-state index contributed by atoms with van der Waals surface area (Å²) in [6.45, 7) is 0. The number of nitrogens with zero attached hydrogens (tertiary/aromatic N) is 1. The Kier molecular flexibility index (Phi) is 4.38. The molecule has 22 heavy (non-hydrogen) atoms. The Morgan fingerprint density at radius 2 is 2.09 bits per heavy atom. The van der Waals surface area contributed by atoms with Crippen LogP contribution in [0, 0.1) is 5.82 Å². The van der Waals surface area contributed by atoms with Gasteiger partial charge in [0.1, 0.15) is 16.4 Å². The molecular formula is C16H18FN3OS. The van der Waals surface area contributed by atoms with Crippen LogP contribution in [0.15, 0.2) is 24.3 Å². The number of halogens is 1. The minimum absolute atomic E-state index is 0.176. The second kappa shape index (κ2) is 6.44. The van der Waals surface area contributed by atoms with Gasteiger partial charge in [-0.15, -0.1) is 0 Å². The Bertz CT molecular complexity index is 680. The number of rotatable bonds is 3. The summed E-state index contributed by atoms with van der Waals surface area (Å²) in [5.41, 5.74) is 7.44. The van der Waals surface area contributed by atoms with E-state index in [0.29, 0.717) is 21.8 Å². The molecule has 2 aromatic rings. The first kappa shape index (κ1) is 15.0. The van der Waals surface area contributed by atoms with Gasteiger partial charge in [-0.25, -0.2) is 4.39 Å². The number of hydrogen-bond donors (Lipinski definition) is 2. The van der Waals surface area contributed by atoms with Crippen LogP contribution < -0.4 is 11.1 Å². The topological polar surface area (TPSA) is 68.0 Å². The summed E-state index contributed by atoms with van der Waals surface area (Å²) in [6, 6.07) is 6.29. The summed E-state index contributed by atoms with van der Waals surface area (Å²) < 4.78 is 17.5. The Morgan fingerprint density at radius 3 is 2.82 bits per heavy atom. The van der Waals surface area contributed by atoms with Gasteiger partial charge in [-0.2, -0.15) is 4.37 Å². The smallest absolute Gasteiger partial charge is 0.265 e. The van der Waals surface area contributed by atoms with Crippen molar-refractivity contribution in [2.75, 3.05) is 5.73 Å². The fourth-order valence-electron chi connectivity index (χ4n) is 2.80. The Balaban J connectivity index is 1.79. The predicted octanol–water partition coefficient (Wildman–Crippen LogP) is 3.59. The number of hydrogen-bond acceptors (Lipinski definition) is 4. The largest absolute Gasteiger partial charge is 0.396 e. The van der Waals surface area contributed by atoms with E-state index >= 15 is 0 Å². The molecule has 4 nitrogen and oxygen atoms in total. The van der Waals surface area contributed by atoms with Gasteiger partial charge in [-0.3, -0.25) is 4.79 Å². The van der Waals surface area contributed by atoms with Crippen molar-refractivity contribution in [3.8, 4) is 11.3 Å². The number of nitrogens with one attached hydrogen (secondary N) is 1. The first-order valence-corrected chi connectivity index (χ1v) is 8.24. The predicted molar refractivity (Wildman–Crippen MR) is 86.3 cm³/mol. The Hall–Kier alpha value is -1.95. The van der Waals surface area contributed by atoms with Crippen LogP contribution >= 0.6 is 11.5 Å². The lowest BCUT2D eigenvalue weighted by atomic mass is 9.95. The van der Waals surface area contributed by atoms with E-state index in [9.17, 15) is 9.18 Å². The summed E-state index contributed by atoms with van der Waals surface area (Å²) >= 11 is 1.06. The molecule has 1 fully saturated rings. The third kappa shape index (κ3) is 3.11. The molecule has 0 bridgehead atoms. The van der Waals surface area contributed by atoms with Crippen molar-refractivity contribution >= 4 is 23.1 Å². The van der Waals surface area contributed by atoms with Gasteiger partial charge in [-0.05, 0) is 36.5 Å². The Labute approximate surface area is 132 Å². The summed E-state index contributed by atoms with van der Waals surface area (Å²) in [5, 5.41) is 3.03. The zero-order valence-corrected chi connectivity index (χ0v) is 13.0. The van der Waals surface area contributed by atoms with Crippen LogP contribution in [0.5, 0.6) is 0 Å². The van der Waals surface area contributed by atoms with E-state index in [4.69, 9.17) is 5.73 Å². The normalized spacial score (nSPS) is 15.7. The van der Waals surface area contributed by atoms with E-state index in [1.807, 2.05) is 0 Å². The van der Waals surface area contributed by atoms with E-state index in [0.717, 1.165) is 37.2 Å².